The smallest absolute Gasteiger partial charge is 0.135 e. The van der Waals surface area contributed by atoms with Gasteiger partial charge in [0.25, 0.3) is 0 Å². The zero-order valence-corrected chi connectivity index (χ0v) is 11.9. The molecule has 1 fully saturated rings. The quantitative estimate of drug-likeness (QED) is 0.795. The van der Waals surface area contributed by atoms with Gasteiger partial charge in [-0.2, -0.15) is 0 Å². The van der Waals surface area contributed by atoms with E-state index in [-0.39, 0.29) is 5.41 Å². The maximum absolute atomic E-state index is 11.9. The summed E-state index contributed by atoms with van der Waals surface area (Å²) in [7, 11) is 0. The van der Waals surface area contributed by atoms with Crippen LogP contribution >= 0.6 is 0 Å². The Balaban J connectivity index is 2.67. The molecule has 100 valence electrons. The van der Waals surface area contributed by atoms with Crippen molar-refractivity contribution in [1.82, 2.24) is 0 Å². The highest BCUT2D eigenvalue weighted by molar-refractivity contribution is 5.82. The first-order valence-electron chi connectivity index (χ1n) is 7.07. The highest BCUT2D eigenvalue weighted by Gasteiger charge is 2.43. The van der Waals surface area contributed by atoms with Gasteiger partial charge in [0.15, 0.2) is 0 Å². The summed E-state index contributed by atoms with van der Waals surface area (Å²) in [6.07, 6.45) is 6.25. The summed E-state index contributed by atoms with van der Waals surface area (Å²) in [6.45, 7) is 8.16. The van der Waals surface area contributed by atoms with E-state index in [1.165, 1.54) is 0 Å². The maximum atomic E-state index is 11.9. The van der Waals surface area contributed by atoms with Crippen LogP contribution in [0.4, 0.5) is 0 Å². The van der Waals surface area contributed by atoms with Crippen molar-refractivity contribution >= 4 is 5.78 Å². The van der Waals surface area contributed by atoms with Crippen LogP contribution in [0.3, 0.4) is 0 Å². The van der Waals surface area contributed by atoms with Crippen LogP contribution in [0.25, 0.3) is 0 Å². The van der Waals surface area contributed by atoms with E-state index in [4.69, 9.17) is 0 Å². The zero-order valence-electron chi connectivity index (χ0n) is 11.9. The lowest BCUT2D eigenvalue weighted by atomic mass is 9.63. The van der Waals surface area contributed by atoms with E-state index in [0.29, 0.717) is 11.7 Å². The van der Waals surface area contributed by atoms with Crippen molar-refractivity contribution in [3.8, 4) is 0 Å². The molecule has 1 aliphatic carbocycles. The SMILES string of the molecule is CCCC1(C(C)=O)CCC(O)(CC(C)C)CC1. The second kappa shape index (κ2) is 5.51. The van der Waals surface area contributed by atoms with Gasteiger partial charge in [-0.3, -0.25) is 4.79 Å². The molecule has 0 aliphatic heterocycles. The van der Waals surface area contributed by atoms with Gasteiger partial charge in [-0.15, -0.1) is 0 Å². The molecule has 0 bridgehead atoms. The van der Waals surface area contributed by atoms with Gasteiger partial charge < -0.3 is 5.11 Å². The van der Waals surface area contributed by atoms with Gasteiger partial charge in [0, 0.05) is 5.41 Å². The normalized spacial score (nSPS) is 34.0. The Bertz CT molecular complexity index is 260. The van der Waals surface area contributed by atoms with Gasteiger partial charge in [0.2, 0.25) is 0 Å². The van der Waals surface area contributed by atoms with E-state index in [1.807, 2.05) is 0 Å². The van der Waals surface area contributed by atoms with Crippen molar-refractivity contribution in [3.63, 3.8) is 0 Å². The van der Waals surface area contributed by atoms with Crippen LogP contribution in [-0.2, 0) is 4.79 Å². The fraction of sp³-hybridized carbons (Fsp3) is 0.933. The highest BCUT2D eigenvalue weighted by atomic mass is 16.3. The molecule has 0 aromatic carbocycles. The summed E-state index contributed by atoms with van der Waals surface area (Å²) < 4.78 is 0. The van der Waals surface area contributed by atoms with Crippen molar-refractivity contribution in [3.05, 3.63) is 0 Å². The molecule has 1 aliphatic rings. The minimum absolute atomic E-state index is 0.127. The average molecular weight is 240 g/mol. The van der Waals surface area contributed by atoms with Crippen LogP contribution < -0.4 is 0 Å². The number of carbonyl (C=O) groups excluding carboxylic acids is 1. The van der Waals surface area contributed by atoms with E-state index in [2.05, 4.69) is 20.8 Å². The van der Waals surface area contributed by atoms with Crippen molar-refractivity contribution in [2.75, 3.05) is 0 Å². The molecule has 0 amide bonds. The lowest BCUT2D eigenvalue weighted by molar-refractivity contribution is -0.133. The Morgan fingerprint density at radius 3 is 2.12 bits per heavy atom. The molecule has 0 aromatic heterocycles. The maximum Gasteiger partial charge on any atom is 0.135 e. The van der Waals surface area contributed by atoms with Gasteiger partial charge in [-0.25, -0.2) is 0 Å². The van der Waals surface area contributed by atoms with Gasteiger partial charge in [-0.05, 0) is 51.4 Å². The second-order valence-electron chi connectivity index (χ2n) is 6.41. The third kappa shape index (κ3) is 3.54. The number of aliphatic hydroxyl groups is 1. The van der Waals surface area contributed by atoms with Gasteiger partial charge in [-0.1, -0.05) is 27.2 Å². The topological polar surface area (TPSA) is 37.3 Å². The number of carbonyl (C=O) groups is 1. The largest absolute Gasteiger partial charge is 0.390 e. The Morgan fingerprint density at radius 1 is 1.24 bits per heavy atom. The van der Waals surface area contributed by atoms with Crippen LogP contribution in [0.2, 0.25) is 0 Å². The third-order valence-corrected chi connectivity index (χ3v) is 4.40. The molecule has 0 aromatic rings. The molecule has 0 unspecified atom stereocenters. The van der Waals surface area contributed by atoms with E-state index in [1.54, 1.807) is 6.92 Å². The summed E-state index contributed by atoms with van der Waals surface area (Å²) in [5.74, 6) is 0.849. The molecule has 0 radical (unpaired) electrons. The summed E-state index contributed by atoms with van der Waals surface area (Å²) in [4.78, 5) is 11.9. The van der Waals surface area contributed by atoms with Crippen LogP contribution in [0, 0.1) is 11.3 Å². The van der Waals surface area contributed by atoms with E-state index >= 15 is 0 Å². The van der Waals surface area contributed by atoms with Gasteiger partial charge in [0.1, 0.15) is 5.78 Å². The first-order chi connectivity index (χ1) is 7.83. The monoisotopic (exact) mass is 240 g/mol. The molecule has 1 N–H and O–H groups in total. The fourth-order valence-corrected chi connectivity index (χ4v) is 3.41. The second-order valence-corrected chi connectivity index (χ2v) is 6.41. The summed E-state index contributed by atoms with van der Waals surface area (Å²) >= 11 is 0. The van der Waals surface area contributed by atoms with Crippen molar-refractivity contribution in [2.45, 2.75) is 78.2 Å². The highest BCUT2D eigenvalue weighted by Crippen LogP contribution is 2.46. The summed E-state index contributed by atoms with van der Waals surface area (Å²) in [5, 5.41) is 10.5. The number of rotatable bonds is 5. The lowest BCUT2D eigenvalue weighted by Gasteiger charge is -2.43. The van der Waals surface area contributed by atoms with E-state index in [9.17, 15) is 9.90 Å². The average Bonchev–Trinajstić information content (AvgIpc) is 2.20. The molecular formula is C15H28O2. The molecule has 2 nitrogen and oxygen atoms in total. The molecule has 0 atom stereocenters. The number of hydrogen-bond acceptors (Lipinski definition) is 2. The zero-order chi connectivity index (χ0) is 13.1. The number of hydrogen-bond donors (Lipinski definition) is 1. The van der Waals surface area contributed by atoms with Crippen LogP contribution in [0.15, 0.2) is 0 Å². The summed E-state index contributed by atoms with van der Waals surface area (Å²) in [6, 6.07) is 0. The van der Waals surface area contributed by atoms with E-state index in [0.717, 1.165) is 44.9 Å². The standard InChI is InChI=1S/C15H28O2/c1-5-6-14(13(4)16)7-9-15(17,10-8-14)11-12(2)3/h12,17H,5-11H2,1-4H3. The molecule has 1 rings (SSSR count). The lowest BCUT2D eigenvalue weighted by Crippen LogP contribution is -2.43. The Labute approximate surface area is 106 Å². The molecule has 0 saturated heterocycles. The fourth-order valence-electron chi connectivity index (χ4n) is 3.41. The first-order valence-corrected chi connectivity index (χ1v) is 7.07. The van der Waals surface area contributed by atoms with Crippen LogP contribution in [0.1, 0.15) is 72.6 Å². The minimum Gasteiger partial charge on any atom is -0.390 e. The first kappa shape index (κ1) is 14.7. The predicted octanol–water partition coefficient (Wildman–Crippen LogP) is 3.71. The van der Waals surface area contributed by atoms with Crippen LogP contribution in [-0.4, -0.2) is 16.5 Å². The molecule has 1 saturated carbocycles. The minimum atomic E-state index is -0.513. The molecule has 17 heavy (non-hydrogen) atoms. The third-order valence-electron chi connectivity index (χ3n) is 4.40. The van der Waals surface area contributed by atoms with Crippen molar-refractivity contribution in [2.24, 2.45) is 11.3 Å². The Kier molecular flexibility index (Phi) is 4.77. The number of Topliss-reactive ketones (excluding diaryl/α,β-unsaturated/α-hetero) is 1. The Hall–Kier alpha value is -0.370. The Morgan fingerprint density at radius 2 is 1.76 bits per heavy atom. The van der Waals surface area contributed by atoms with Crippen LogP contribution in [0.5, 0.6) is 0 Å². The number of ketones is 1. The van der Waals surface area contributed by atoms with Crippen molar-refractivity contribution < 1.29 is 9.90 Å². The predicted molar refractivity (Wildman–Crippen MR) is 70.9 cm³/mol. The molecule has 0 spiro atoms. The molecule has 0 heterocycles. The molecule has 2 heteroatoms. The van der Waals surface area contributed by atoms with Gasteiger partial charge >= 0.3 is 0 Å². The summed E-state index contributed by atoms with van der Waals surface area (Å²) in [5.41, 5.74) is -0.640. The molecular weight excluding hydrogens is 212 g/mol. The van der Waals surface area contributed by atoms with Crippen molar-refractivity contribution in [1.29, 1.82) is 0 Å². The van der Waals surface area contributed by atoms with E-state index < -0.39 is 5.60 Å². The van der Waals surface area contributed by atoms with Gasteiger partial charge in [0.05, 0.1) is 5.60 Å².